The maximum atomic E-state index is 13.5. The normalized spacial score (nSPS) is 37.1. The Morgan fingerprint density at radius 2 is 1.50 bits per heavy atom. The average Bonchev–Trinajstić information content (AvgIpc) is 3.24. The van der Waals surface area contributed by atoms with Crippen LogP contribution in [-0.2, 0) is 9.59 Å². The summed E-state index contributed by atoms with van der Waals surface area (Å²) in [5, 5.41) is 12.0. The summed E-state index contributed by atoms with van der Waals surface area (Å²) in [5.74, 6) is 3.31. The summed E-state index contributed by atoms with van der Waals surface area (Å²) in [7, 11) is 0. The first-order valence-electron chi connectivity index (χ1n) is 17.7. The van der Waals surface area contributed by atoms with Gasteiger partial charge < -0.3 is 10.0 Å². The van der Waals surface area contributed by atoms with Gasteiger partial charge >= 0.3 is 0 Å². The van der Waals surface area contributed by atoms with Crippen LogP contribution in [0.25, 0.3) is 0 Å². The first-order valence-corrected chi connectivity index (χ1v) is 17.7. The molecule has 4 fully saturated rings. The summed E-state index contributed by atoms with van der Waals surface area (Å²) >= 11 is 0. The summed E-state index contributed by atoms with van der Waals surface area (Å²) in [6, 6.07) is 0. The second-order valence-electron chi connectivity index (χ2n) is 15.3. The Balaban J connectivity index is 1.36. The molecule has 7 atom stereocenters. The lowest BCUT2D eigenvalue weighted by atomic mass is 9.44. The number of rotatable bonds is 15. The van der Waals surface area contributed by atoms with E-state index in [0.29, 0.717) is 42.4 Å². The molecule has 0 saturated heterocycles. The highest BCUT2D eigenvalue weighted by Crippen LogP contribution is 2.66. The van der Waals surface area contributed by atoms with E-state index in [2.05, 4.69) is 32.6 Å². The Morgan fingerprint density at radius 3 is 2.23 bits per heavy atom. The highest BCUT2D eigenvalue weighted by Gasteiger charge is 2.61. The quantitative estimate of drug-likeness (QED) is 0.205. The highest BCUT2D eigenvalue weighted by atomic mass is 16.3. The number of ketones is 1. The zero-order valence-electron chi connectivity index (χ0n) is 26.8. The lowest BCUT2D eigenvalue weighted by molar-refractivity contribution is -0.161. The fraction of sp³-hybridized carbons (Fsp3) is 0.944. The summed E-state index contributed by atoms with van der Waals surface area (Å²) in [5.41, 5.74) is -0.535. The Labute approximate surface area is 246 Å². The number of fused-ring (bicyclic) bond motifs is 5. The molecule has 4 nitrogen and oxygen atoms in total. The van der Waals surface area contributed by atoms with Gasteiger partial charge in [0.15, 0.2) is 0 Å². The van der Waals surface area contributed by atoms with Gasteiger partial charge in [0.1, 0.15) is 5.78 Å². The van der Waals surface area contributed by atoms with E-state index in [-0.39, 0.29) is 16.7 Å². The third-order valence-corrected chi connectivity index (χ3v) is 12.6. The monoisotopic (exact) mass is 557 g/mol. The zero-order valence-corrected chi connectivity index (χ0v) is 26.8. The molecule has 0 aliphatic heterocycles. The van der Waals surface area contributed by atoms with E-state index in [1.807, 2.05) is 0 Å². The van der Waals surface area contributed by atoms with Crippen molar-refractivity contribution in [2.75, 3.05) is 13.1 Å². The van der Waals surface area contributed by atoms with Gasteiger partial charge in [-0.15, -0.1) is 0 Å². The predicted octanol–water partition coefficient (Wildman–Crippen LogP) is 8.88. The summed E-state index contributed by atoms with van der Waals surface area (Å²) in [4.78, 5) is 28.3. The van der Waals surface area contributed by atoms with Gasteiger partial charge in [-0.05, 0) is 93.3 Å². The third kappa shape index (κ3) is 7.00. The fourth-order valence-corrected chi connectivity index (χ4v) is 10.0. The van der Waals surface area contributed by atoms with E-state index < -0.39 is 5.60 Å². The molecule has 4 aliphatic carbocycles. The molecular weight excluding hydrogens is 494 g/mol. The second-order valence-corrected chi connectivity index (χ2v) is 15.3. The van der Waals surface area contributed by atoms with Crippen molar-refractivity contribution >= 4 is 11.7 Å². The van der Waals surface area contributed by atoms with E-state index in [0.717, 1.165) is 64.3 Å². The molecule has 0 radical (unpaired) electrons. The molecule has 0 aromatic rings. The lowest BCUT2D eigenvalue weighted by Gasteiger charge is -2.61. The van der Waals surface area contributed by atoms with Crippen molar-refractivity contribution in [1.82, 2.24) is 4.90 Å². The minimum atomic E-state index is -0.746. The third-order valence-electron chi connectivity index (χ3n) is 12.6. The highest BCUT2D eigenvalue weighted by molar-refractivity contribution is 5.87. The van der Waals surface area contributed by atoms with Crippen molar-refractivity contribution in [2.24, 2.45) is 34.5 Å². The number of Topliss-reactive ketones (excluding diaryl/α,β-unsaturated/α-hetero) is 1. The number of carbonyl (C=O) groups is 2. The van der Waals surface area contributed by atoms with E-state index >= 15 is 0 Å². The number of carbonyl (C=O) groups excluding carboxylic acids is 2. The van der Waals surface area contributed by atoms with Crippen LogP contribution < -0.4 is 0 Å². The van der Waals surface area contributed by atoms with E-state index in [1.54, 1.807) is 0 Å². The predicted molar refractivity (Wildman–Crippen MR) is 165 cm³/mol. The first-order chi connectivity index (χ1) is 19.2. The van der Waals surface area contributed by atoms with Crippen molar-refractivity contribution in [3.63, 3.8) is 0 Å². The van der Waals surface area contributed by atoms with E-state index in [1.165, 1.54) is 70.6 Å². The van der Waals surface area contributed by atoms with Crippen LogP contribution in [0.2, 0.25) is 0 Å². The van der Waals surface area contributed by atoms with Crippen molar-refractivity contribution in [1.29, 1.82) is 0 Å². The number of amides is 1. The molecule has 1 amide bonds. The molecule has 0 aromatic carbocycles. The Hall–Kier alpha value is -0.900. The molecule has 0 heterocycles. The summed E-state index contributed by atoms with van der Waals surface area (Å²) in [6.45, 7) is 10.6. The summed E-state index contributed by atoms with van der Waals surface area (Å²) < 4.78 is 0. The zero-order chi connectivity index (χ0) is 28.8. The molecule has 0 spiro atoms. The van der Waals surface area contributed by atoms with Gasteiger partial charge in [0, 0.05) is 31.3 Å². The van der Waals surface area contributed by atoms with Crippen molar-refractivity contribution in [3.8, 4) is 0 Å². The van der Waals surface area contributed by atoms with Crippen LogP contribution in [0.15, 0.2) is 0 Å². The second kappa shape index (κ2) is 14.0. The van der Waals surface area contributed by atoms with Gasteiger partial charge in [0.25, 0.3) is 0 Å². The van der Waals surface area contributed by atoms with Gasteiger partial charge in [-0.25, -0.2) is 0 Å². The maximum Gasteiger partial charge on any atom is 0.222 e. The van der Waals surface area contributed by atoms with Crippen LogP contribution in [0, 0.1) is 34.5 Å². The smallest absolute Gasteiger partial charge is 0.222 e. The fourth-order valence-electron chi connectivity index (χ4n) is 10.0. The van der Waals surface area contributed by atoms with Crippen molar-refractivity contribution in [2.45, 2.75) is 168 Å². The molecule has 230 valence electrons. The maximum absolute atomic E-state index is 13.5. The van der Waals surface area contributed by atoms with Crippen LogP contribution in [0.3, 0.4) is 0 Å². The van der Waals surface area contributed by atoms with Gasteiger partial charge in [0.2, 0.25) is 5.91 Å². The van der Waals surface area contributed by atoms with Gasteiger partial charge in [-0.2, -0.15) is 0 Å². The van der Waals surface area contributed by atoms with Crippen LogP contribution in [0.4, 0.5) is 0 Å². The summed E-state index contributed by atoms with van der Waals surface area (Å²) in [6.07, 6.45) is 23.1. The van der Waals surface area contributed by atoms with Gasteiger partial charge in [-0.3, -0.25) is 9.59 Å². The molecule has 0 aromatic heterocycles. The minimum absolute atomic E-state index is 0.0617. The molecule has 4 heteroatoms. The number of nitrogens with zero attached hydrogens (tertiary/aromatic N) is 1. The molecule has 0 bridgehead atoms. The first kappa shape index (κ1) is 32.0. The standard InChI is InChI=1S/C36H63NO3/c1-5-7-9-11-12-14-16-33(39)37(25-15-13-10-8-6-2)27-36(40)24-23-34(3)28(26-36)17-18-29-30-19-20-32(38)35(30,4)22-21-31(29)34/h28-31,40H,5-27H2,1-4H3/t28-,29-,30-,31-,34-,35-,36+/m0/s1. The topological polar surface area (TPSA) is 57.6 Å². The van der Waals surface area contributed by atoms with Crippen molar-refractivity contribution in [3.05, 3.63) is 0 Å². The lowest BCUT2D eigenvalue weighted by Crippen LogP contribution is -2.58. The Bertz CT molecular complexity index is 842. The van der Waals surface area contributed by atoms with Crippen LogP contribution in [-0.4, -0.2) is 40.4 Å². The number of hydrogen-bond acceptors (Lipinski definition) is 3. The molecule has 0 unspecified atom stereocenters. The number of hydrogen-bond donors (Lipinski definition) is 1. The minimum Gasteiger partial charge on any atom is -0.388 e. The van der Waals surface area contributed by atoms with E-state index in [4.69, 9.17) is 0 Å². The van der Waals surface area contributed by atoms with Crippen LogP contribution in [0.5, 0.6) is 0 Å². The molecule has 4 rings (SSSR count). The van der Waals surface area contributed by atoms with Crippen LogP contribution >= 0.6 is 0 Å². The van der Waals surface area contributed by atoms with Gasteiger partial charge in [0.05, 0.1) is 5.60 Å². The number of aliphatic hydroxyl groups is 1. The van der Waals surface area contributed by atoms with Crippen LogP contribution in [0.1, 0.15) is 163 Å². The Kier molecular flexibility index (Phi) is 11.2. The van der Waals surface area contributed by atoms with Crippen molar-refractivity contribution < 1.29 is 14.7 Å². The SMILES string of the molecule is CCCCCCCCC(=O)N(CCCCCCC)C[C@@]1(O)CC[C@@]2(C)[C@@H](CC[C@@H]3[C@@H]2CC[C@]2(C)C(=O)CC[C@@H]32)C1. The largest absolute Gasteiger partial charge is 0.388 e. The Morgan fingerprint density at radius 1 is 0.825 bits per heavy atom. The molecule has 4 aliphatic rings. The molecule has 1 N–H and O–H groups in total. The molecular formula is C36H63NO3. The van der Waals surface area contributed by atoms with Gasteiger partial charge in [-0.1, -0.05) is 85.5 Å². The molecule has 40 heavy (non-hydrogen) atoms. The van der Waals surface area contributed by atoms with E-state index in [9.17, 15) is 14.7 Å². The number of unbranched alkanes of at least 4 members (excludes halogenated alkanes) is 9. The average molecular weight is 558 g/mol. The molecule has 4 saturated carbocycles.